The molecule has 0 saturated carbocycles. The van der Waals surface area contributed by atoms with E-state index in [1.54, 1.807) is 18.2 Å². The Hall–Kier alpha value is -0.740. The number of nitrogens with one attached hydrogen (secondary N) is 1. The molecule has 1 aromatic rings. The lowest BCUT2D eigenvalue weighted by Crippen LogP contribution is -2.25. The van der Waals surface area contributed by atoms with Gasteiger partial charge in [0.1, 0.15) is 5.75 Å². The fourth-order valence-corrected chi connectivity index (χ4v) is 1.69. The third kappa shape index (κ3) is 3.72. The van der Waals surface area contributed by atoms with E-state index in [-0.39, 0.29) is 11.8 Å². The Labute approximate surface area is 102 Å². The summed E-state index contributed by atoms with van der Waals surface area (Å²) in [5.74, 6) is 0.736. The van der Waals surface area contributed by atoms with Gasteiger partial charge in [0.05, 0.1) is 16.9 Å². The second-order valence-electron chi connectivity index (χ2n) is 3.24. The third-order valence-corrected chi connectivity index (χ3v) is 2.77. The zero-order chi connectivity index (χ0) is 11.4. The molecule has 3 N–H and O–H groups in total. The van der Waals surface area contributed by atoms with Crippen LogP contribution in [0.1, 0.15) is 6.92 Å². The summed E-state index contributed by atoms with van der Waals surface area (Å²) in [6.07, 6.45) is 0. The Morgan fingerprint density at radius 3 is 2.87 bits per heavy atom. The number of nitrogens with two attached hydrogens (primary N) is 1. The van der Waals surface area contributed by atoms with Crippen LogP contribution in [0.25, 0.3) is 0 Å². The topological polar surface area (TPSA) is 59.1 Å². The van der Waals surface area contributed by atoms with Gasteiger partial charge in [0.15, 0.2) is 0 Å². The maximum Gasteiger partial charge on any atom is 0.133 e. The van der Waals surface area contributed by atoms with E-state index in [4.69, 9.17) is 27.5 Å². The van der Waals surface area contributed by atoms with Gasteiger partial charge < -0.3 is 10.5 Å². The van der Waals surface area contributed by atoms with Gasteiger partial charge in [-0.1, -0.05) is 18.5 Å². The average molecular weight is 292 g/mol. The fourth-order valence-electron chi connectivity index (χ4n) is 0.897. The first-order chi connectivity index (χ1) is 7.00. The number of hydrogen-bond acceptors (Lipinski definition) is 2. The molecule has 0 radical (unpaired) electrons. The molecule has 5 heteroatoms. The lowest BCUT2D eigenvalue weighted by molar-refractivity contribution is 0.290. The summed E-state index contributed by atoms with van der Waals surface area (Å²) < 4.78 is 6.29. The van der Waals surface area contributed by atoms with Crippen LogP contribution < -0.4 is 10.5 Å². The molecule has 0 amide bonds. The van der Waals surface area contributed by atoms with Crippen molar-refractivity contribution in [3.8, 4) is 5.75 Å². The Bertz CT molecular complexity index is 370. The van der Waals surface area contributed by atoms with Crippen LogP contribution in [-0.4, -0.2) is 12.4 Å². The van der Waals surface area contributed by atoms with Crippen LogP contribution in [0.2, 0.25) is 5.02 Å². The van der Waals surface area contributed by atoms with Crippen molar-refractivity contribution in [1.29, 1.82) is 5.41 Å². The average Bonchev–Trinajstić information content (AvgIpc) is 2.15. The molecule has 0 heterocycles. The standard InChI is InChI=1S/C10H12BrClN2O/c1-6(10(13)14)5-15-9-3-2-7(12)4-8(9)11/h2-4,6H,5H2,1H3,(H3,13,14). The molecule has 0 aliphatic carbocycles. The van der Waals surface area contributed by atoms with Gasteiger partial charge in [-0.25, -0.2) is 0 Å². The highest BCUT2D eigenvalue weighted by molar-refractivity contribution is 9.10. The number of benzene rings is 1. The lowest BCUT2D eigenvalue weighted by Gasteiger charge is -2.12. The molecule has 1 rings (SSSR count). The van der Waals surface area contributed by atoms with Gasteiger partial charge in [-0.05, 0) is 34.1 Å². The van der Waals surface area contributed by atoms with Gasteiger partial charge >= 0.3 is 0 Å². The summed E-state index contributed by atoms with van der Waals surface area (Å²) in [5.41, 5.74) is 5.33. The second kappa shape index (κ2) is 5.37. The van der Waals surface area contributed by atoms with E-state index in [2.05, 4.69) is 15.9 Å². The van der Waals surface area contributed by atoms with Crippen molar-refractivity contribution in [1.82, 2.24) is 0 Å². The Morgan fingerprint density at radius 2 is 2.33 bits per heavy atom. The molecule has 82 valence electrons. The molecule has 1 atom stereocenters. The summed E-state index contributed by atoms with van der Waals surface area (Å²) in [7, 11) is 0. The Balaban J connectivity index is 2.62. The molecule has 1 unspecified atom stereocenters. The van der Waals surface area contributed by atoms with Gasteiger partial charge in [0, 0.05) is 10.9 Å². The van der Waals surface area contributed by atoms with Crippen LogP contribution in [0, 0.1) is 11.3 Å². The second-order valence-corrected chi connectivity index (χ2v) is 4.53. The minimum absolute atomic E-state index is 0.0902. The van der Waals surface area contributed by atoms with Crippen LogP contribution in [0.4, 0.5) is 0 Å². The van der Waals surface area contributed by atoms with Crippen molar-refractivity contribution < 1.29 is 4.74 Å². The highest BCUT2D eigenvalue weighted by Crippen LogP contribution is 2.28. The van der Waals surface area contributed by atoms with Crippen molar-refractivity contribution in [3.63, 3.8) is 0 Å². The first-order valence-corrected chi connectivity index (χ1v) is 5.59. The summed E-state index contributed by atoms with van der Waals surface area (Å²) in [6, 6.07) is 5.29. The number of halogens is 2. The van der Waals surface area contributed by atoms with Gasteiger partial charge in [0.2, 0.25) is 0 Å². The highest BCUT2D eigenvalue weighted by atomic mass is 79.9. The molecule has 0 saturated heterocycles. The summed E-state index contributed by atoms with van der Waals surface area (Å²) >= 11 is 9.13. The van der Waals surface area contributed by atoms with E-state index in [0.717, 1.165) is 4.47 Å². The normalized spacial score (nSPS) is 12.2. The van der Waals surface area contributed by atoms with Gasteiger partial charge in [-0.15, -0.1) is 0 Å². The lowest BCUT2D eigenvalue weighted by atomic mass is 10.2. The van der Waals surface area contributed by atoms with Crippen molar-refractivity contribution in [2.24, 2.45) is 11.7 Å². The molecular formula is C10H12BrClN2O. The van der Waals surface area contributed by atoms with E-state index in [0.29, 0.717) is 17.4 Å². The summed E-state index contributed by atoms with van der Waals surface area (Å²) in [4.78, 5) is 0. The maximum absolute atomic E-state index is 7.22. The van der Waals surface area contributed by atoms with E-state index >= 15 is 0 Å². The van der Waals surface area contributed by atoms with Crippen molar-refractivity contribution in [2.45, 2.75) is 6.92 Å². The molecule has 15 heavy (non-hydrogen) atoms. The SMILES string of the molecule is CC(COc1ccc(Cl)cc1Br)C(=N)N. The fraction of sp³-hybridized carbons (Fsp3) is 0.300. The van der Waals surface area contributed by atoms with Crippen molar-refractivity contribution >= 4 is 33.4 Å². The predicted molar refractivity (Wildman–Crippen MR) is 65.7 cm³/mol. The number of rotatable bonds is 4. The maximum atomic E-state index is 7.22. The molecule has 1 aromatic carbocycles. The van der Waals surface area contributed by atoms with Crippen LogP contribution in [0.5, 0.6) is 5.75 Å². The Morgan fingerprint density at radius 1 is 1.67 bits per heavy atom. The monoisotopic (exact) mass is 290 g/mol. The van der Waals surface area contributed by atoms with Crippen molar-refractivity contribution in [2.75, 3.05) is 6.61 Å². The molecule has 3 nitrogen and oxygen atoms in total. The largest absolute Gasteiger partial charge is 0.492 e. The van der Waals surface area contributed by atoms with Gasteiger partial charge in [-0.2, -0.15) is 0 Å². The molecule has 0 fully saturated rings. The smallest absolute Gasteiger partial charge is 0.133 e. The molecule has 0 spiro atoms. The van der Waals surface area contributed by atoms with Gasteiger partial charge in [-0.3, -0.25) is 5.41 Å². The first-order valence-electron chi connectivity index (χ1n) is 4.42. The minimum atomic E-state index is -0.0902. The van der Waals surface area contributed by atoms with Crippen molar-refractivity contribution in [3.05, 3.63) is 27.7 Å². The van der Waals surface area contributed by atoms with Crippen LogP contribution >= 0.6 is 27.5 Å². The summed E-state index contributed by atoms with van der Waals surface area (Å²) in [5, 5.41) is 7.87. The summed E-state index contributed by atoms with van der Waals surface area (Å²) in [6.45, 7) is 2.22. The number of ether oxygens (including phenoxy) is 1. The van der Waals surface area contributed by atoms with E-state index in [1.807, 2.05) is 6.92 Å². The van der Waals surface area contributed by atoms with Crippen LogP contribution in [0.15, 0.2) is 22.7 Å². The molecular weight excluding hydrogens is 279 g/mol. The Kier molecular flexibility index (Phi) is 4.42. The number of amidine groups is 1. The molecule has 0 aliphatic rings. The molecule has 0 aliphatic heterocycles. The van der Waals surface area contributed by atoms with Crippen LogP contribution in [-0.2, 0) is 0 Å². The zero-order valence-electron chi connectivity index (χ0n) is 8.26. The minimum Gasteiger partial charge on any atom is -0.492 e. The van der Waals surface area contributed by atoms with E-state index in [1.165, 1.54) is 0 Å². The number of hydrogen-bond donors (Lipinski definition) is 2. The quantitative estimate of drug-likeness (QED) is 0.661. The first kappa shape index (κ1) is 12.3. The van der Waals surface area contributed by atoms with Crippen LogP contribution in [0.3, 0.4) is 0 Å². The van der Waals surface area contributed by atoms with E-state index < -0.39 is 0 Å². The molecule has 0 aromatic heterocycles. The van der Waals surface area contributed by atoms with E-state index in [9.17, 15) is 0 Å². The third-order valence-electron chi connectivity index (χ3n) is 1.91. The predicted octanol–water partition coefficient (Wildman–Crippen LogP) is 3.05. The molecule has 0 bridgehead atoms. The highest BCUT2D eigenvalue weighted by Gasteiger charge is 2.08. The zero-order valence-corrected chi connectivity index (χ0v) is 10.6. The van der Waals surface area contributed by atoms with Gasteiger partial charge in [0.25, 0.3) is 0 Å².